The molecule has 0 radical (unpaired) electrons. The van der Waals surface area contributed by atoms with E-state index in [9.17, 15) is 0 Å². The number of aromatic nitrogens is 2. The van der Waals surface area contributed by atoms with E-state index in [1.54, 1.807) is 0 Å². The lowest BCUT2D eigenvalue weighted by atomic mass is 9.93. The molecule has 8 aromatic rings. The first kappa shape index (κ1) is 28.6. The molecular weight excluding hydrogens is 581 g/mol. The van der Waals surface area contributed by atoms with E-state index in [2.05, 4.69) is 170 Å². The monoisotopic (exact) mass is 618 g/mol. The lowest BCUT2D eigenvalue weighted by Crippen LogP contribution is -2.03. The number of rotatable bonds is 4. The number of hydrogen-bond acceptors (Lipinski definition) is 0. The van der Waals surface area contributed by atoms with E-state index < -0.39 is 0 Å². The third-order valence-electron chi connectivity index (χ3n) is 10.5. The lowest BCUT2D eigenvalue weighted by Gasteiger charge is -2.18. The summed E-state index contributed by atoms with van der Waals surface area (Å²) in [4.78, 5) is 0. The molecule has 232 valence electrons. The first-order chi connectivity index (χ1) is 23.5. The Morgan fingerprint density at radius 1 is 0.458 bits per heavy atom. The van der Waals surface area contributed by atoms with Crippen LogP contribution in [0.2, 0.25) is 0 Å². The minimum atomic E-state index is 1.10. The molecule has 1 aliphatic carbocycles. The van der Waals surface area contributed by atoms with Gasteiger partial charge in [-0.3, -0.25) is 0 Å². The van der Waals surface area contributed by atoms with Crippen molar-refractivity contribution in [1.29, 1.82) is 0 Å². The Balaban J connectivity index is 1.09. The Bertz CT molecular complexity index is 2530. The van der Waals surface area contributed by atoms with Crippen LogP contribution in [0.4, 0.5) is 0 Å². The van der Waals surface area contributed by atoms with Crippen LogP contribution < -0.4 is 0 Å². The van der Waals surface area contributed by atoms with E-state index in [-0.39, 0.29) is 0 Å². The van der Waals surface area contributed by atoms with Crippen LogP contribution in [-0.4, -0.2) is 9.13 Å². The predicted molar refractivity (Wildman–Crippen MR) is 205 cm³/mol. The van der Waals surface area contributed by atoms with E-state index in [0.717, 1.165) is 12.8 Å². The van der Waals surface area contributed by atoms with E-state index in [4.69, 9.17) is 0 Å². The number of fused-ring (bicyclic) bond motifs is 6. The molecule has 9 rings (SSSR count). The summed E-state index contributed by atoms with van der Waals surface area (Å²) in [5, 5.41) is 3.96. The van der Waals surface area contributed by atoms with E-state index >= 15 is 0 Å². The van der Waals surface area contributed by atoms with Gasteiger partial charge in [-0.1, -0.05) is 84.9 Å². The van der Waals surface area contributed by atoms with Gasteiger partial charge < -0.3 is 9.13 Å². The molecule has 2 heteroatoms. The Kier molecular flexibility index (Phi) is 6.55. The van der Waals surface area contributed by atoms with Gasteiger partial charge in [-0.05, 0) is 139 Å². The van der Waals surface area contributed by atoms with Gasteiger partial charge in [0.1, 0.15) is 0 Å². The van der Waals surface area contributed by atoms with Crippen LogP contribution in [-0.2, 0) is 6.42 Å². The standard InChI is InChI=1S/C46H38N2/c1-29-27-45(47-41-17-9-5-13-35(41)36-14-6-10-18-42(36)47)31(3)25-39(29)33-21-23-34(24-22-33)40-26-32(4)46(28-30(40)2)48-43-19-11-7-15-37(43)38-16-8-12-20-44(38)48/h5-7,9-15,17-28H,8,16H2,1-4H3. The summed E-state index contributed by atoms with van der Waals surface area (Å²) in [5.41, 5.74) is 19.3. The zero-order valence-corrected chi connectivity index (χ0v) is 28.0. The third-order valence-corrected chi connectivity index (χ3v) is 10.5. The van der Waals surface area contributed by atoms with Gasteiger partial charge in [-0.15, -0.1) is 0 Å². The van der Waals surface area contributed by atoms with Gasteiger partial charge in [0.2, 0.25) is 0 Å². The lowest BCUT2D eigenvalue weighted by molar-refractivity contribution is 0.964. The zero-order valence-electron chi connectivity index (χ0n) is 28.0. The highest BCUT2D eigenvalue weighted by molar-refractivity contribution is 6.09. The molecule has 0 atom stereocenters. The number of hydrogen-bond donors (Lipinski definition) is 0. The van der Waals surface area contributed by atoms with Crippen LogP contribution in [0.25, 0.3) is 72.4 Å². The van der Waals surface area contributed by atoms with Crippen molar-refractivity contribution >= 4 is 38.8 Å². The summed E-state index contributed by atoms with van der Waals surface area (Å²) in [6.45, 7) is 8.99. The van der Waals surface area contributed by atoms with Gasteiger partial charge in [-0.25, -0.2) is 0 Å². The second-order valence-corrected chi connectivity index (χ2v) is 13.5. The Morgan fingerprint density at radius 2 is 0.917 bits per heavy atom. The highest BCUT2D eigenvalue weighted by Gasteiger charge is 2.20. The van der Waals surface area contributed by atoms with Gasteiger partial charge in [0.05, 0.1) is 16.6 Å². The van der Waals surface area contributed by atoms with Gasteiger partial charge in [0.25, 0.3) is 0 Å². The number of para-hydroxylation sites is 3. The van der Waals surface area contributed by atoms with Crippen molar-refractivity contribution in [3.05, 3.63) is 161 Å². The predicted octanol–water partition coefficient (Wildman–Crippen LogP) is 12.3. The minimum Gasteiger partial charge on any atom is -0.309 e. The van der Waals surface area contributed by atoms with Crippen molar-refractivity contribution in [2.45, 2.75) is 40.5 Å². The summed E-state index contributed by atoms with van der Waals surface area (Å²) >= 11 is 0. The van der Waals surface area contributed by atoms with Crippen LogP contribution in [0, 0.1) is 27.7 Å². The molecule has 6 aromatic carbocycles. The zero-order chi connectivity index (χ0) is 32.5. The fourth-order valence-corrected chi connectivity index (χ4v) is 8.16. The highest BCUT2D eigenvalue weighted by atomic mass is 15.0. The molecule has 0 spiro atoms. The quantitative estimate of drug-likeness (QED) is 0.186. The molecule has 2 aromatic heterocycles. The maximum Gasteiger partial charge on any atom is 0.0541 e. The van der Waals surface area contributed by atoms with Crippen molar-refractivity contribution in [1.82, 2.24) is 9.13 Å². The van der Waals surface area contributed by atoms with Crippen molar-refractivity contribution in [2.75, 3.05) is 0 Å². The maximum absolute atomic E-state index is 2.48. The SMILES string of the molecule is Cc1cc(-n2c3c(c4ccccc42)CCC=C3)c(C)cc1-c1ccc(-c2cc(C)c(-n3c4ccccc4c4ccccc43)cc2C)cc1. The number of nitrogens with zero attached hydrogens (tertiary/aromatic N) is 2. The molecular formula is C46H38N2. The summed E-state index contributed by atoms with van der Waals surface area (Å²) in [6.07, 6.45) is 6.85. The van der Waals surface area contributed by atoms with Gasteiger partial charge in [0, 0.05) is 33.2 Å². The second-order valence-electron chi connectivity index (χ2n) is 13.5. The molecule has 2 nitrogen and oxygen atoms in total. The van der Waals surface area contributed by atoms with Gasteiger partial charge in [0.15, 0.2) is 0 Å². The van der Waals surface area contributed by atoms with Crippen LogP contribution in [0.5, 0.6) is 0 Å². The number of aryl methyl sites for hydroxylation is 5. The molecule has 0 bridgehead atoms. The highest BCUT2D eigenvalue weighted by Crippen LogP contribution is 2.39. The minimum absolute atomic E-state index is 1.10. The van der Waals surface area contributed by atoms with E-state index in [1.807, 2.05) is 0 Å². The first-order valence-corrected chi connectivity index (χ1v) is 17.1. The molecule has 0 fully saturated rings. The largest absolute Gasteiger partial charge is 0.309 e. The first-order valence-electron chi connectivity index (χ1n) is 17.1. The maximum atomic E-state index is 2.48. The third kappa shape index (κ3) is 4.33. The second kappa shape index (κ2) is 11.0. The number of allylic oxidation sites excluding steroid dienone is 1. The summed E-state index contributed by atoms with van der Waals surface area (Å²) in [7, 11) is 0. The Morgan fingerprint density at radius 3 is 1.46 bits per heavy atom. The summed E-state index contributed by atoms with van der Waals surface area (Å²) in [5.74, 6) is 0. The average Bonchev–Trinajstić information content (AvgIpc) is 3.63. The van der Waals surface area contributed by atoms with Crippen molar-refractivity contribution < 1.29 is 0 Å². The van der Waals surface area contributed by atoms with Crippen molar-refractivity contribution in [3.8, 4) is 33.6 Å². The van der Waals surface area contributed by atoms with Crippen LogP contribution in [0.1, 0.15) is 39.9 Å². The van der Waals surface area contributed by atoms with E-state index in [1.165, 1.54) is 99.8 Å². The fraction of sp³-hybridized carbons (Fsp3) is 0.130. The Hall–Kier alpha value is -5.60. The average molecular weight is 619 g/mol. The van der Waals surface area contributed by atoms with Crippen LogP contribution in [0.15, 0.2) is 127 Å². The molecule has 0 unspecified atom stereocenters. The number of benzene rings is 6. The topological polar surface area (TPSA) is 9.86 Å². The molecule has 1 aliphatic rings. The smallest absolute Gasteiger partial charge is 0.0541 e. The molecule has 0 amide bonds. The van der Waals surface area contributed by atoms with Crippen LogP contribution in [0.3, 0.4) is 0 Å². The molecule has 48 heavy (non-hydrogen) atoms. The van der Waals surface area contributed by atoms with Crippen molar-refractivity contribution in [2.24, 2.45) is 0 Å². The van der Waals surface area contributed by atoms with Gasteiger partial charge >= 0.3 is 0 Å². The summed E-state index contributed by atoms with van der Waals surface area (Å²) < 4.78 is 4.90. The van der Waals surface area contributed by atoms with Crippen LogP contribution >= 0.6 is 0 Å². The fourth-order valence-electron chi connectivity index (χ4n) is 8.16. The molecule has 0 aliphatic heterocycles. The molecule has 0 N–H and O–H groups in total. The molecule has 0 saturated carbocycles. The molecule has 2 heterocycles. The summed E-state index contributed by atoms with van der Waals surface area (Å²) in [6, 6.07) is 45.0. The normalized spacial score (nSPS) is 12.8. The van der Waals surface area contributed by atoms with Gasteiger partial charge in [-0.2, -0.15) is 0 Å². The molecule has 0 saturated heterocycles. The van der Waals surface area contributed by atoms with Crippen molar-refractivity contribution in [3.63, 3.8) is 0 Å². The van der Waals surface area contributed by atoms with E-state index in [0.29, 0.717) is 0 Å². The Labute approximate surface area is 282 Å².